The molecule has 104 valence electrons. The SMILES string of the molecule is COCCCNc1cncc(C(=O)N2CCCC2)c1. The highest BCUT2D eigenvalue weighted by atomic mass is 16.5. The van der Waals surface area contributed by atoms with Crippen LogP contribution in [-0.4, -0.2) is 49.1 Å². The van der Waals surface area contributed by atoms with Gasteiger partial charge in [0.15, 0.2) is 0 Å². The summed E-state index contributed by atoms with van der Waals surface area (Å²) in [6.45, 7) is 3.28. The second-order valence-corrected chi connectivity index (χ2v) is 4.73. The lowest BCUT2D eigenvalue weighted by Crippen LogP contribution is -2.27. The van der Waals surface area contributed by atoms with E-state index >= 15 is 0 Å². The summed E-state index contributed by atoms with van der Waals surface area (Å²) in [4.78, 5) is 18.2. The normalized spacial score (nSPS) is 14.7. The minimum Gasteiger partial charge on any atom is -0.385 e. The molecule has 0 bridgehead atoms. The van der Waals surface area contributed by atoms with E-state index in [2.05, 4.69) is 10.3 Å². The number of nitrogens with zero attached hydrogens (tertiary/aromatic N) is 2. The molecule has 0 unspecified atom stereocenters. The van der Waals surface area contributed by atoms with E-state index in [0.29, 0.717) is 5.56 Å². The van der Waals surface area contributed by atoms with Gasteiger partial charge < -0.3 is 15.0 Å². The highest BCUT2D eigenvalue weighted by molar-refractivity contribution is 5.94. The second-order valence-electron chi connectivity index (χ2n) is 4.73. The number of aromatic nitrogens is 1. The Kier molecular flexibility index (Phi) is 5.15. The molecule has 1 N–H and O–H groups in total. The lowest BCUT2D eigenvalue weighted by molar-refractivity contribution is 0.0792. The van der Waals surface area contributed by atoms with Crippen LogP contribution in [0.25, 0.3) is 0 Å². The molecule has 1 amide bonds. The fraction of sp³-hybridized carbons (Fsp3) is 0.571. The number of carbonyl (C=O) groups is 1. The smallest absolute Gasteiger partial charge is 0.255 e. The molecule has 0 radical (unpaired) electrons. The first-order valence-corrected chi connectivity index (χ1v) is 6.78. The van der Waals surface area contributed by atoms with Crippen molar-refractivity contribution in [2.75, 3.05) is 38.7 Å². The molecule has 0 aliphatic carbocycles. The topological polar surface area (TPSA) is 54.5 Å². The second kappa shape index (κ2) is 7.09. The Balaban J connectivity index is 1.92. The summed E-state index contributed by atoms with van der Waals surface area (Å²) in [7, 11) is 1.69. The molecule has 1 fully saturated rings. The number of methoxy groups -OCH3 is 1. The third-order valence-electron chi connectivity index (χ3n) is 3.23. The first-order valence-electron chi connectivity index (χ1n) is 6.78. The van der Waals surface area contributed by atoms with E-state index in [1.54, 1.807) is 19.5 Å². The maximum atomic E-state index is 12.2. The standard InChI is InChI=1S/C14H21N3O2/c1-19-8-4-5-16-13-9-12(10-15-11-13)14(18)17-6-2-3-7-17/h9-11,16H,2-8H2,1H3. The molecule has 1 aliphatic rings. The van der Waals surface area contributed by atoms with Crippen LogP contribution in [0.5, 0.6) is 0 Å². The molecule has 2 heterocycles. The number of likely N-dealkylation sites (tertiary alicyclic amines) is 1. The molecule has 1 aliphatic heterocycles. The van der Waals surface area contributed by atoms with E-state index in [-0.39, 0.29) is 5.91 Å². The van der Waals surface area contributed by atoms with Crippen molar-refractivity contribution in [1.29, 1.82) is 0 Å². The molecule has 5 nitrogen and oxygen atoms in total. The summed E-state index contributed by atoms with van der Waals surface area (Å²) in [5.41, 5.74) is 1.56. The Labute approximate surface area is 114 Å². The van der Waals surface area contributed by atoms with Crippen molar-refractivity contribution < 1.29 is 9.53 Å². The van der Waals surface area contributed by atoms with Gasteiger partial charge in [-0.1, -0.05) is 0 Å². The van der Waals surface area contributed by atoms with E-state index in [0.717, 1.165) is 51.2 Å². The number of ether oxygens (including phenoxy) is 1. The van der Waals surface area contributed by atoms with Crippen LogP contribution in [-0.2, 0) is 4.74 Å². The van der Waals surface area contributed by atoms with Crippen molar-refractivity contribution in [2.24, 2.45) is 0 Å². The van der Waals surface area contributed by atoms with Gasteiger partial charge in [0, 0.05) is 45.7 Å². The Morgan fingerprint density at radius 1 is 1.42 bits per heavy atom. The first kappa shape index (κ1) is 13.8. The predicted molar refractivity (Wildman–Crippen MR) is 74.4 cm³/mol. The van der Waals surface area contributed by atoms with E-state index in [1.807, 2.05) is 11.0 Å². The molecule has 0 spiro atoms. The minimum absolute atomic E-state index is 0.0885. The summed E-state index contributed by atoms with van der Waals surface area (Å²) in [5.74, 6) is 0.0885. The summed E-state index contributed by atoms with van der Waals surface area (Å²) in [6, 6.07) is 1.88. The van der Waals surface area contributed by atoms with E-state index in [4.69, 9.17) is 4.74 Å². The number of anilines is 1. The van der Waals surface area contributed by atoms with Crippen LogP contribution >= 0.6 is 0 Å². The average Bonchev–Trinajstić information content (AvgIpc) is 2.97. The highest BCUT2D eigenvalue weighted by Crippen LogP contribution is 2.15. The van der Waals surface area contributed by atoms with Gasteiger partial charge in [0.05, 0.1) is 11.3 Å². The van der Waals surface area contributed by atoms with E-state index in [9.17, 15) is 4.79 Å². The molecule has 5 heteroatoms. The number of amides is 1. The van der Waals surface area contributed by atoms with Gasteiger partial charge in [0.25, 0.3) is 5.91 Å². The summed E-state index contributed by atoms with van der Waals surface area (Å²) >= 11 is 0. The number of hydrogen-bond acceptors (Lipinski definition) is 4. The van der Waals surface area contributed by atoms with Crippen LogP contribution in [0.2, 0.25) is 0 Å². The molecule has 1 aromatic rings. The molecule has 19 heavy (non-hydrogen) atoms. The Morgan fingerprint density at radius 3 is 2.95 bits per heavy atom. The average molecular weight is 263 g/mol. The van der Waals surface area contributed by atoms with Crippen LogP contribution in [0.15, 0.2) is 18.5 Å². The van der Waals surface area contributed by atoms with Gasteiger partial charge in [-0.05, 0) is 25.3 Å². The maximum absolute atomic E-state index is 12.2. The van der Waals surface area contributed by atoms with Gasteiger partial charge >= 0.3 is 0 Å². The van der Waals surface area contributed by atoms with Crippen molar-refractivity contribution in [1.82, 2.24) is 9.88 Å². The summed E-state index contributed by atoms with van der Waals surface area (Å²) in [5, 5.41) is 3.25. The van der Waals surface area contributed by atoms with Gasteiger partial charge in [-0.2, -0.15) is 0 Å². The van der Waals surface area contributed by atoms with Crippen LogP contribution in [0, 0.1) is 0 Å². The summed E-state index contributed by atoms with van der Waals surface area (Å²) in [6.07, 6.45) is 6.53. The van der Waals surface area contributed by atoms with Crippen LogP contribution in [0.1, 0.15) is 29.6 Å². The zero-order chi connectivity index (χ0) is 13.5. The quantitative estimate of drug-likeness (QED) is 0.795. The monoisotopic (exact) mass is 263 g/mol. The number of pyridine rings is 1. The van der Waals surface area contributed by atoms with Crippen LogP contribution in [0.4, 0.5) is 5.69 Å². The van der Waals surface area contributed by atoms with Crippen molar-refractivity contribution >= 4 is 11.6 Å². The number of hydrogen-bond donors (Lipinski definition) is 1. The maximum Gasteiger partial charge on any atom is 0.255 e. The van der Waals surface area contributed by atoms with Crippen LogP contribution in [0.3, 0.4) is 0 Å². The number of nitrogens with one attached hydrogen (secondary N) is 1. The highest BCUT2D eigenvalue weighted by Gasteiger charge is 2.19. The first-order chi connectivity index (χ1) is 9.31. The van der Waals surface area contributed by atoms with Crippen LogP contribution < -0.4 is 5.32 Å². The molecular formula is C14H21N3O2. The van der Waals surface area contributed by atoms with E-state index in [1.165, 1.54) is 0 Å². The third kappa shape index (κ3) is 3.92. The Bertz CT molecular complexity index is 417. The molecular weight excluding hydrogens is 242 g/mol. The lowest BCUT2D eigenvalue weighted by atomic mass is 10.2. The van der Waals surface area contributed by atoms with Gasteiger partial charge in [-0.15, -0.1) is 0 Å². The molecule has 0 aromatic carbocycles. The van der Waals surface area contributed by atoms with Crippen molar-refractivity contribution in [3.05, 3.63) is 24.0 Å². The van der Waals surface area contributed by atoms with Crippen molar-refractivity contribution in [3.63, 3.8) is 0 Å². The largest absolute Gasteiger partial charge is 0.385 e. The van der Waals surface area contributed by atoms with Crippen molar-refractivity contribution in [2.45, 2.75) is 19.3 Å². The fourth-order valence-electron chi connectivity index (χ4n) is 2.21. The van der Waals surface area contributed by atoms with Gasteiger partial charge in [0.2, 0.25) is 0 Å². The molecule has 0 saturated carbocycles. The zero-order valence-electron chi connectivity index (χ0n) is 11.4. The van der Waals surface area contributed by atoms with E-state index < -0.39 is 0 Å². The number of rotatable bonds is 6. The third-order valence-corrected chi connectivity index (χ3v) is 3.23. The van der Waals surface area contributed by atoms with Gasteiger partial charge in [-0.25, -0.2) is 0 Å². The van der Waals surface area contributed by atoms with Gasteiger partial charge in [0.1, 0.15) is 0 Å². The van der Waals surface area contributed by atoms with Crippen molar-refractivity contribution in [3.8, 4) is 0 Å². The summed E-state index contributed by atoms with van der Waals surface area (Å²) < 4.78 is 4.99. The Morgan fingerprint density at radius 2 is 2.21 bits per heavy atom. The molecule has 1 saturated heterocycles. The molecule has 0 atom stereocenters. The Hall–Kier alpha value is -1.62. The number of carbonyl (C=O) groups excluding carboxylic acids is 1. The minimum atomic E-state index is 0.0885. The molecule has 1 aromatic heterocycles. The molecule has 2 rings (SSSR count). The predicted octanol–water partition coefficient (Wildman–Crippen LogP) is 1.77. The zero-order valence-corrected chi connectivity index (χ0v) is 11.4. The fourth-order valence-corrected chi connectivity index (χ4v) is 2.21. The lowest BCUT2D eigenvalue weighted by Gasteiger charge is -2.15. The van der Waals surface area contributed by atoms with Gasteiger partial charge in [-0.3, -0.25) is 9.78 Å².